The molecule has 0 aliphatic rings. The summed E-state index contributed by atoms with van der Waals surface area (Å²) in [5, 5.41) is 19.9. The summed E-state index contributed by atoms with van der Waals surface area (Å²) >= 11 is 0. The molecule has 0 amide bonds. The van der Waals surface area contributed by atoms with Crippen molar-refractivity contribution in [3.05, 3.63) is 145 Å². The predicted molar refractivity (Wildman–Crippen MR) is 214 cm³/mol. The molecule has 1 nitrogen and oxygen atoms in total. The van der Waals surface area contributed by atoms with Gasteiger partial charge >= 0.3 is 0 Å². The number of hydrogen-bond acceptors (Lipinski definition) is 1. The third-order valence-electron chi connectivity index (χ3n) is 10.6. The van der Waals surface area contributed by atoms with E-state index in [1.54, 1.807) is 0 Å². The van der Waals surface area contributed by atoms with E-state index in [1.807, 2.05) is 0 Å². The van der Waals surface area contributed by atoms with Gasteiger partial charge in [-0.05, 0) is 124 Å². The normalized spacial score (nSPS) is 12.6. The van der Waals surface area contributed by atoms with Gasteiger partial charge in [-0.15, -0.1) is 0 Å². The Hall–Kier alpha value is -5.44. The van der Waals surface area contributed by atoms with Crippen LogP contribution in [0.5, 0.6) is 0 Å². The van der Waals surface area contributed by atoms with Crippen LogP contribution in [0.15, 0.2) is 140 Å². The Morgan fingerprint density at radius 3 is 1.15 bits per heavy atom. The Bertz CT molecular complexity index is 2760. The van der Waals surface area contributed by atoms with Crippen LogP contribution in [-0.4, -0.2) is 8.07 Å². The summed E-state index contributed by atoms with van der Waals surface area (Å²) in [4.78, 5) is 2.46. The molecule has 0 unspecified atom stereocenters. The number of nitrogens with zero attached hydrogens (tertiary/aromatic N) is 1. The molecular formula is C46H35NSi. The quantitative estimate of drug-likeness (QED) is 0.138. The zero-order valence-corrected chi connectivity index (χ0v) is 28.7. The standard InChI is InChI=1S/C46H35NSi/c1-28-19-31-9-11-33-22-40(23-34-12-10-32(20-28)43(31)44(33)34)47(39-18-17-29-7-5-6-8-30(29)21-39)41-24-35-13-15-37-26-42(48(2,3)4)27-38-16-14-36(25-41)45(35)46(37)38/h5-27H,1-4H3. The Morgan fingerprint density at radius 2 is 0.708 bits per heavy atom. The van der Waals surface area contributed by atoms with Crippen LogP contribution in [-0.2, 0) is 0 Å². The fourth-order valence-corrected chi connectivity index (χ4v) is 9.43. The number of anilines is 3. The number of fused-ring (bicyclic) bond motifs is 1. The van der Waals surface area contributed by atoms with Crippen LogP contribution in [0.1, 0.15) is 5.56 Å². The Labute approximate surface area is 281 Å². The van der Waals surface area contributed by atoms with E-state index < -0.39 is 8.07 Å². The van der Waals surface area contributed by atoms with Crippen LogP contribution >= 0.6 is 0 Å². The van der Waals surface area contributed by atoms with Gasteiger partial charge in [-0.25, -0.2) is 0 Å². The number of benzene rings is 10. The van der Waals surface area contributed by atoms with Crippen LogP contribution in [0.3, 0.4) is 0 Å². The predicted octanol–water partition coefficient (Wildman–Crippen LogP) is 13.0. The fourth-order valence-electron chi connectivity index (χ4n) is 8.25. The average molecular weight is 630 g/mol. The molecular weight excluding hydrogens is 595 g/mol. The summed E-state index contributed by atoms with van der Waals surface area (Å²) in [7, 11) is -1.45. The smallest absolute Gasteiger partial charge is 0.0776 e. The molecule has 10 rings (SSSR count). The van der Waals surface area contributed by atoms with Crippen molar-refractivity contribution in [1.29, 1.82) is 0 Å². The highest BCUT2D eigenvalue weighted by atomic mass is 28.3. The Morgan fingerprint density at radius 1 is 0.354 bits per heavy atom. The van der Waals surface area contributed by atoms with Gasteiger partial charge in [0, 0.05) is 17.1 Å². The fraction of sp³-hybridized carbons (Fsp3) is 0.0870. The van der Waals surface area contributed by atoms with Crippen molar-refractivity contribution in [2.24, 2.45) is 0 Å². The van der Waals surface area contributed by atoms with Crippen molar-refractivity contribution in [3.8, 4) is 0 Å². The molecule has 0 saturated carbocycles. The lowest BCUT2D eigenvalue weighted by atomic mass is 9.92. The highest BCUT2D eigenvalue weighted by Crippen LogP contribution is 2.45. The van der Waals surface area contributed by atoms with Gasteiger partial charge in [0.25, 0.3) is 0 Å². The second-order valence-electron chi connectivity index (χ2n) is 14.8. The molecule has 0 aliphatic heterocycles. The van der Waals surface area contributed by atoms with Crippen LogP contribution in [0, 0.1) is 6.92 Å². The van der Waals surface area contributed by atoms with Gasteiger partial charge < -0.3 is 4.90 Å². The average Bonchev–Trinajstić information content (AvgIpc) is 3.08. The minimum atomic E-state index is -1.45. The summed E-state index contributed by atoms with van der Waals surface area (Å²) in [5.74, 6) is 0. The number of hydrogen-bond donors (Lipinski definition) is 0. The van der Waals surface area contributed by atoms with Gasteiger partial charge in [0.1, 0.15) is 0 Å². The van der Waals surface area contributed by atoms with Gasteiger partial charge in [0.05, 0.1) is 8.07 Å². The maximum Gasteiger partial charge on any atom is 0.0776 e. The lowest BCUT2D eigenvalue weighted by Gasteiger charge is -2.28. The van der Waals surface area contributed by atoms with Gasteiger partial charge in [-0.2, -0.15) is 0 Å². The lowest BCUT2D eigenvalue weighted by Crippen LogP contribution is -2.37. The van der Waals surface area contributed by atoms with Crippen molar-refractivity contribution in [3.63, 3.8) is 0 Å². The van der Waals surface area contributed by atoms with E-state index >= 15 is 0 Å². The van der Waals surface area contributed by atoms with Gasteiger partial charge in [-0.1, -0.05) is 128 Å². The number of rotatable bonds is 4. The van der Waals surface area contributed by atoms with E-state index in [2.05, 4.69) is 171 Å². The molecule has 48 heavy (non-hydrogen) atoms. The van der Waals surface area contributed by atoms with Crippen LogP contribution in [0.2, 0.25) is 19.6 Å². The van der Waals surface area contributed by atoms with Crippen molar-refractivity contribution in [2.45, 2.75) is 26.6 Å². The van der Waals surface area contributed by atoms with Gasteiger partial charge in [0.2, 0.25) is 0 Å². The summed E-state index contributed by atoms with van der Waals surface area (Å²) in [6, 6.07) is 53.2. The monoisotopic (exact) mass is 629 g/mol. The molecule has 0 N–H and O–H groups in total. The molecule has 0 spiro atoms. The molecule has 0 saturated heterocycles. The third kappa shape index (κ3) is 4.09. The van der Waals surface area contributed by atoms with Gasteiger partial charge in [-0.3, -0.25) is 0 Å². The minimum Gasteiger partial charge on any atom is -0.310 e. The molecule has 2 heteroatoms. The first-order chi connectivity index (χ1) is 23.3. The first kappa shape index (κ1) is 27.6. The van der Waals surface area contributed by atoms with E-state index in [-0.39, 0.29) is 0 Å². The molecule has 0 radical (unpaired) electrons. The van der Waals surface area contributed by atoms with E-state index in [9.17, 15) is 0 Å². The summed E-state index contributed by atoms with van der Waals surface area (Å²) in [6.45, 7) is 9.50. The van der Waals surface area contributed by atoms with Crippen LogP contribution in [0.25, 0.3) is 75.4 Å². The zero-order valence-electron chi connectivity index (χ0n) is 27.7. The first-order valence-corrected chi connectivity index (χ1v) is 20.5. The van der Waals surface area contributed by atoms with Crippen LogP contribution in [0.4, 0.5) is 17.1 Å². The highest BCUT2D eigenvalue weighted by Gasteiger charge is 2.21. The number of aryl methyl sites for hydroxylation is 1. The highest BCUT2D eigenvalue weighted by molar-refractivity contribution is 6.89. The van der Waals surface area contributed by atoms with Crippen LogP contribution < -0.4 is 10.1 Å². The summed E-state index contributed by atoms with van der Waals surface area (Å²) in [5.41, 5.74) is 4.79. The Balaban J connectivity index is 1.24. The van der Waals surface area contributed by atoms with E-state index in [0.717, 1.165) is 5.69 Å². The lowest BCUT2D eigenvalue weighted by molar-refractivity contribution is 1.31. The van der Waals surface area contributed by atoms with Crippen molar-refractivity contribution in [1.82, 2.24) is 0 Å². The summed E-state index contributed by atoms with van der Waals surface area (Å²) in [6.07, 6.45) is 0. The molecule has 228 valence electrons. The molecule has 10 aromatic carbocycles. The van der Waals surface area contributed by atoms with Crippen molar-refractivity contribution in [2.75, 3.05) is 4.90 Å². The van der Waals surface area contributed by atoms with E-state index in [1.165, 1.54) is 97.5 Å². The zero-order chi connectivity index (χ0) is 32.3. The SMILES string of the molecule is Cc1cc2ccc3cc(N(c4ccc5ccccc5c4)c4cc5ccc6cc([Si](C)(C)C)cc7ccc(c4)c5c67)cc4ccc(c1)c2c34. The second-order valence-corrected chi connectivity index (χ2v) is 19.9. The van der Waals surface area contributed by atoms with Crippen molar-refractivity contribution < 1.29 is 0 Å². The van der Waals surface area contributed by atoms with E-state index in [4.69, 9.17) is 0 Å². The Kier molecular flexibility index (Phi) is 5.64. The largest absolute Gasteiger partial charge is 0.310 e. The van der Waals surface area contributed by atoms with E-state index in [0.29, 0.717) is 0 Å². The topological polar surface area (TPSA) is 3.24 Å². The van der Waals surface area contributed by atoms with Gasteiger partial charge in [0.15, 0.2) is 0 Å². The molecule has 0 fully saturated rings. The minimum absolute atomic E-state index is 1.16. The molecule has 0 atom stereocenters. The third-order valence-corrected chi connectivity index (χ3v) is 12.6. The molecule has 0 aromatic heterocycles. The molecule has 10 aromatic rings. The maximum absolute atomic E-state index is 2.46. The first-order valence-electron chi connectivity index (χ1n) is 17.0. The summed E-state index contributed by atoms with van der Waals surface area (Å²) < 4.78 is 0. The van der Waals surface area contributed by atoms with Crippen molar-refractivity contribution >= 4 is 106 Å². The molecule has 0 heterocycles. The second kappa shape index (κ2) is 9.79. The molecule has 0 bridgehead atoms. The molecule has 0 aliphatic carbocycles. The maximum atomic E-state index is 2.46.